The summed E-state index contributed by atoms with van der Waals surface area (Å²) in [4.78, 5) is 14.7. The number of carbonyl (C=O) groups is 1. The summed E-state index contributed by atoms with van der Waals surface area (Å²) in [6.07, 6.45) is 3.26. The molecule has 2 nitrogen and oxygen atoms in total. The van der Waals surface area contributed by atoms with Crippen molar-refractivity contribution < 1.29 is 4.79 Å². The molecule has 0 bridgehead atoms. The number of amides is 1. The van der Waals surface area contributed by atoms with Gasteiger partial charge >= 0.3 is 0 Å². The quantitative estimate of drug-likeness (QED) is 0.739. The Morgan fingerprint density at radius 2 is 2.11 bits per heavy atom. The lowest BCUT2D eigenvalue weighted by Crippen LogP contribution is -2.39. The summed E-state index contributed by atoms with van der Waals surface area (Å²) in [6.45, 7) is 4.29. The Bertz CT molecular complexity index is 461. The molecule has 98 valence electrons. The van der Waals surface area contributed by atoms with Gasteiger partial charge in [0.15, 0.2) is 0 Å². The van der Waals surface area contributed by atoms with Crippen LogP contribution >= 0.6 is 31.9 Å². The number of benzene rings is 1. The Labute approximate surface area is 125 Å². The lowest BCUT2D eigenvalue weighted by atomic mass is 10.1. The number of nitrogens with zero attached hydrogens (tertiary/aromatic N) is 1. The van der Waals surface area contributed by atoms with Crippen molar-refractivity contribution in [3.63, 3.8) is 0 Å². The van der Waals surface area contributed by atoms with Crippen molar-refractivity contribution in [2.24, 2.45) is 0 Å². The normalized spacial score (nSPS) is 23.4. The van der Waals surface area contributed by atoms with Crippen molar-refractivity contribution >= 4 is 37.8 Å². The van der Waals surface area contributed by atoms with Gasteiger partial charge in [-0.05, 0) is 60.3 Å². The molecule has 1 amide bonds. The van der Waals surface area contributed by atoms with E-state index in [2.05, 4.69) is 45.7 Å². The van der Waals surface area contributed by atoms with E-state index in [4.69, 9.17) is 0 Å². The van der Waals surface area contributed by atoms with E-state index in [9.17, 15) is 4.79 Å². The highest BCUT2D eigenvalue weighted by atomic mass is 79.9. The first-order chi connectivity index (χ1) is 8.54. The summed E-state index contributed by atoms with van der Waals surface area (Å²) >= 11 is 6.89. The molecule has 1 aromatic carbocycles. The molecule has 0 N–H and O–H groups in total. The van der Waals surface area contributed by atoms with Crippen LogP contribution in [0.4, 0.5) is 0 Å². The number of likely N-dealkylation sites (tertiary alicyclic amines) is 1. The van der Waals surface area contributed by atoms with Gasteiger partial charge in [0.2, 0.25) is 0 Å². The zero-order valence-electron chi connectivity index (χ0n) is 10.6. The van der Waals surface area contributed by atoms with Crippen molar-refractivity contribution in [1.29, 1.82) is 0 Å². The summed E-state index contributed by atoms with van der Waals surface area (Å²) in [6, 6.07) is 6.46. The molecule has 2 rings (SSSR count). The van der Waals surface area contributed by atoms with Crippen molar-refractivity contribution in [2.75, 3.05) is 0 Å². The molecule has 0 aromatic heterocycles. The molecule has 1 fully saturated rings. The van der Waals surface area contributed by atoms with Crippen LogP contribution in [0.1, 0.15) is 43.5 Å². The van der Waals surface area contributed by atoms with E-state index in [0.717, 1.165) is 33.8 Å². The van der Waals surface area contributed by atoms with Gasteiger partial charge in [-0.3, -0.25) is 4.79 Å². The van der Waals surface area contributed by atoms with Crippen LogP contribution < -0.4 is 0 Å². The second-order valence-electron chi connectivity index (χ2n) is 4.83. The predicted molar refractivity (Wildman–Crippen MR) is 80.8 cm³/mol. The molecule has 1 aliphatic heterocycles. The fourth-order valence-electron chi connectivity index (χ4n) is 2.64. The van der Waals surface area contributed by atoms with Crippen molar-refractivity contribution in [3.05, 3.63) is 32.7 Å². The minimum absolute atomic E-state index is 0.145. The van der Waals surface area contributed by atoms with E-state index in [1.807, 2.05) is 23.1 Å². The van der Waals surface area contributed by atoms with Crippen LogP contribution in [0.2, 0.25) is 0 Å². The molecule has 1 aromatic rings. The van der Waals surface area contributed by atoms with Crippen molar-refractivity contribution in [3.8, 4) is 0 Å². The summed E-state index contributed by atoms with van der Waals surface area (Å²) in [5.74, 6) is 0.145. The summed E-state index contributed by atoms with van der Waals surface area (Å²) in [5, 5.41) is 0. The predicted octanol–water partition coefficient (Wildman–Crippen LogP) is 4.61. The van der Waals surface area contributed by atoms with Gasteiger partial charge in [0.25, 0.3) is 5.91 Å². The van der Waals surface area contributed by atoms with Crippen LogP contribution in [-0.2, 0) is 0 Å². The van der Waals surface area contributed by atoms with Crippen molar-refractivity contribution in [2.45, 2.75) is 45.2 Å². The third-order valence-electron chi connectivity index (χ3n) is 3.65. The topological polar surface area (TPSA) is 20.3 Å². The Morgan fingerprint density at radius 3 is 2.72 bits per heavy atom. The fourth-order valence-corrected chi connectivity index (χ4v) is 3.86. The zero-order valence-corrected chi connectivity index (χ0v) is 13.8. The second kappa shape index (κ2) is 5.74. The van der Waals surface area contributed by atoms with E-state index in [1.165, 1.54) is 0 Å². The van der Waals surface area contributed by atoms with Crippen LogP contribution in [0.15, 0.2) is 27.1 Å². The monoisotopic (exact) mass is 373 g/mol. The van der Waals surface area contributed by atoms with Gasteiger partial charge in [0.05, 0.1) is 5.56 Å². The Kier molecular flexibility index (Phi) is 4.49. The minimum Gasteiger partial charge on any atom is -0.333 e. The highest BCUT2D eigenvalue weighted by Gasteiger charge is 2.34. The SMILES string of the molecule is CCC1CCC(C)N1C(=O)c1ccc(Br)cc1Br. The maximum Gasteiger partial charge on any atom is 0.255 e. The molecule has 0 spiro atoms. The molecule has 0 aliphatic carbocycles. The van der Waals surface area contributed by atoms with E-state index < -0.39 is 0 Å². The van der Waals surface area contributed by atoms with Crippen LogP contribution in [-0.4, -0.2) is 22.9 Å². The Hall–Kier alpha value is -0.350. The lowest BCUT2D eigenvalue weighted by Gasteiger charge is -2.28. The number of halogens is 2. The van der Waals surface area contributed by atoms with Gasteiger partial charge in [0.1, 0.15) is 0 Å². The highest BCUT2D eigenvalue weighted by Crippen LogP contribution is 2.30. The van der Waals surface area contributed by atoms with Crippen LogP contribution in [0.25, 0.3) is 0 Å². The van der Waals surface area contributed by atoms with Gasteiger partial charge in [-0.25, -0.2) is 0 Å². The first-order valence-electron chi connectivity index (χ1n) is 6.32. The molecule has 1 heterocycles. The summed E-state index contributed by atoms with van der Waals surface area (Å²) < 4.78 is 1.84. The molecule has 2 unspecified atom stereocenters. The van der Waals surface area contributed by atoms with Crippen LogP contribution in [0.3, 0.4) is 0 Å². The van der Waals surface area contributed by atoms with E-state index >= 15 is 0 Å². The van der Waals surface area contributed by atoms with E-state index in [-0.39, 0.29) is 5.91 Å². The van der Waals surface area contributed by atoms with Gasteiger partial charge in [-0.1, -0.05) is 22.9 Å². The van der Waals surface area contributed by atoms with Crippen LogP contribution in [0.5, 0.6) is 0 Å². The number of hydrogen-bond acceptors (Lipinski definition) is 1. The number of carbonyl (C=O) groups excluding carboxylic acids is 1. The molecule has 4 heteroatoms. The smallest absolute Gasteiger partial charge is 0.255 e. The zero-order chi connectivity index (χ0) is 13.3. The Balaban J connectivity index is 2.30. The summed E-state index contributed by atoms with van der Waals surface area (Å²) in [5.41, 5.74) is 0.755. The summed E-state index contributed by atoms with van der Waals surface area (Å²) in [7, 11) is 0. The molecule has 1 aliphatic rings. The molecule has 1 saturated heterocycles. The highest BCUT2D eigenvalue weighted by molar-refractivity contribution is 9.11. The largest absolute Gasteiger partial charge is 0.333 e. The van der Waals surface area contributed by atoms with Gasteiger partial charge in [-0.15, -0.1) is 0 Å². The third kappa shape index (κ3) is 2.64. The van der Waals surface area contributed by atoms with Crippen LogP contribution in [0, 0.1) is 0 Å². The molecule has 18 heavy (non-hydrogen) atoms. The Morgan fingerprint density at radius 1 is 1.39 bits per heavy atom. The number of hydrogen-bond donors (Lipinski definition) is 0. The molecule has 0 radical (unpaired) electrons. The van der Waals surface area contributed by atoms with Gasteiger partial charge in [0, 0.05) is 21.0 Å². The second-order valence-corrected chi connectivity index (χ2v) is 6.60. The van der Waals surface area contributed by atoms with E-state index in [0.29, 0.717) is 12.1 Å². The maximum atomic E-state index is 12.6. The molecule has 0 saturated carbocycles. The average Bonchev–Trinajstić information content (AvgIpc) is 2.69. The fraction of sp³-hybridized carbons (Fsp3) is 0.500. The van der Waals surface area contributed by atoms with Gasteiger partial charge < -0.3 is 4.90 Å². The lowest BCUT2D eigenvalue weighted by molar-refractivity contribution is 0.0675. The van der Waals surface area contributed by atoms with Crippen molar-refractivity contribution in [1.82, 2.24) is 4.90 Å². The first-order valence-corrected chi connectivity index (χ1v) is 7.91. The molecular weight excluding hydrogens is 358 g/mol. The van der Waals surface area contributed by atoms with Gasteiger partial charge in [-0.2, -0.15) is 0 Å². The molecular formula is C14H17Br2NO. The number of rotatable bonds is 2. The third-order valence-corrected chi connectivity index (χ3v) is 4.80. The minimum atomic E-state index is 0.145. The maximum absolute atomic E-state index is 12.6. The first kappa shape index (κ1) is 14.1. The average molecular weight is 375 g/mol. The van der Waals surface area contributed by atoms with E-state index in [1.54, 1.807) is 0 Å². The molecule has 2 atom stereocenters. The standard InChI is InChI=1S/C14H17Br2NO/c1-3-11-6-4-9(2)17(11)14(18)12-7-5-10(15)8-13(12)16/h5,7-9,11H,3-4,6H2,1-2H3.